The number of hydrogen-bond donors (Lipinski definition) is 1. The Hall–Kier alpha value is -1.60. The summed E-state index contributed by atoms with van der Waals surface area (Å²) < 4.78 is 28.1. The summed E-state index contributed by atoms with van der Waals surface area (Å²) in [4.78, 5) is 2.39. The lowest BCUT2D eigenvalue weighted by Gasteiger charge is -2.44. The van der Waals surface area contributed by atoms with Gasteiger partial charge in [0.2, 0.25) is 10.0 Å². The Kier molecular flexibility index (Phi) is 6.39. The quantitative estimate of drug-likeness (QED) is 0.513. The van der Waals surface area contributed by atoms with Gasteiger partial charge < -0.3 is 0 Å². The highest BCUT2D eigenvalue weighted by atomic mass is 35.5. The average molecular weight is 482 g/mol. The maximum absolute atomic E-state index is 12.7. The monoisotopic (exact) mass is 480 g/mol. The number of sulfonamides is 1. The number of likely N-dealkylation sites (tertiary alicyclic amines) is 1. The molecule has 4 nitrogen and oxygen atoms in total. The van der Waals surface area contributed by atoms with Crippen molar-refractivity contribution in [1.82, 2.24) is 9.62 Å². The normalized spacial score (nSPS) is 15.3. The molecule has 156 valence electrons. The molecule has 1 heterocycles. The molecular weight excluding hydrogens is 463 g/mol. The van der Waals surface area contributed by atoms with E-state index in [1.54, 1.807) is 12.1 Å². The van der Waals surface area contributed by atoms with E-state index in [9.17, 15) is 8.42 Å². The molecule has 0 amide bonds. The van der Waals surface area contributed by atoms with E-state index >= 15 is 0 Å². The molecule has 0 radical (unpaired) electrons. The minimum Gasteiger partial charge on any atom is -0.289 e. The van der Waals surface area contributed by atoms with Gasteiger partial charge in [0.25, 0.3) is 0 Å². The summed E-state index contributed by atoms with van der Waals surface area (Å²) in [6.45, 7) is 1.16. The molecule has 1 aliphatic rings. The number of nitrogens with zero attached hydrogens (tertiary/aromatic N) is 1. The summed E-state index contributed by atoms with van der Waals surface area (Å²) in [5.74, 6) is 0. The zero-order valence-electron chi connectivity index (χ0n) is 15.8. The van der Waals surface area contributed by atoms with Gasteiger partial charge >= 0.3 is 0 Å². The molecule has 1 fully saturated rings. The van der Waals surface area contributed by atoms with Crippen molar-refractivity contribution in [1.29, 1.82) is 0 Å². The number of hydrogen-bond acceptors (Lipinski definition) is 3. The van der Waals surface area contributed by atoms with Crippen molar-refractivity contribution in [2.75, 3.05) is 13.1 Å². The van der Waals surface area contributed by atoms with E-state index in [0.717, 1.165) is 11.1 Å². The highest BCUT2D eigenvalue weighted by Gasteiger charge is 2.36. The minimum absolute atomic E-state index is 0.0218. The smallest absolute Gasteiger partial charge is 0.240 e. The first-order chi connectivity index (χ1) is 14.3. The molecule has 0 bridgehead atoms. The van der Waals surface area contributed by atoms with Gasteiger partial charge in [-0.15, -0.1) is 0 Å². The second-order valence-corrected chi connectivity index (χ2v) is 10.3. The average Bonchev–Trinajstić information content (AvgIpc) is 2.69. The first kappa shape index (κ1) is 21.6. The van der Waals surface area contributed by atoms with E-state index in [0.29, 0.717) is 28.2 Å². The lowest BCUT2D eigenvalue weighted by molar-refractivity contribution is 0.105. The Balaban J connectivity index is 1.52. The van der Waals surface area contributed by atoms with E-state index in [1.807, 2.05) is 48.5 Å². The predicted molar refractivity (Wildman–Crippen MR) is 122 cm³/mol. The first-order valence-electron chi connectivity index (χ1n) is 9.35. The number of halogens is 3. The van der Waals surface area contributed by atoms with Crippen molar-refractivity contribution in [2.45, 2.75) is 17.0 Å². The van der Waals surface area contributed by atoms with Crippen LogP contribution < -0.4 is 4.72 Å². The zero-order chi connectivity index (χ0) is 21.3. The van der Waals surface area contributed by atoms with Crippen LogP contribution in [0.2, 0.25) is 15.1 Å². The molecular formula is C22H19Cl3N2O2S. The third kappa shape index (κ3) is 4.83. The summed E-state index contributed by atoms with van der Waals surface area (Å²) in [5, 5.41) is 1.73. The fraction of sp³-hybridized carbons (Fsp3) is 0.182. The van der Waals surface area contributed by atoms with Crippen LogP contribution in [-0.4, -0.2) is 32.4 Å². The second kappa shape index (κ2) is 8.87. The molecule has 3 aromatic rings. The van der Waals surface area contributed by atoms with Gasteiger partial charge in [-0.3, -0.25) is 4.90 Å². The lowest BCUT2D eigenvalue weighted by atomic mass is 9.93. The van der Waals surface area contributed by atoms with Crippen LogP contribution in [0.4, 0.5) is 0 Å². The van der Waals surface area contributed by atoms with Gasteiger partial charge in [0.15, 0.2) is 0 Å². The Bertz CT molecular complexity index is 1080. The van der Waals surface area contributed by atoms with Crippen LogP contribution in [0, 0.1) is 0 Å². The molecule has 0 atom stereocenters. The maximum Gasteiger partial charge on any atom is 0.240 e. The molecule has 8 heteroatoms. The van der Waals surface area contributed by atoms with Crippen molar-refractivity contribution in [3.63, 3.8) is 0 Å². The van der Waals surface area contributed by atoms with Crippen LogP contribution in [0.25, 0.3) is 0 Å². The van der Waals surface area contributed by atoms with Crippen molar-refractivity contribution < 1.29 is 8.42 Å². The Morgan fingerprint density at radius 1 is 0.800 bits per heavy atom. The SMILES string of the molecule is O=S(=O)(NC1CN(C(c2ccc(Cl)cc2)c2ccc(Cl)cc2)C1)c1cccc(Cl)c1. The van der Waals surface area contributed by atoms with Gasteiger partial charge in [0.05, 0.1) is 10.9 Å². The Morgan fingerprint density at radius 2 is 1.33 bits per heavy atom. The van der Waals surface area contributed by atoms with Gasteiger partial charge in [-0.25, -0.2) is 13.1 Å². The summed E-state index contributed by atoms with van der Waals surface area (Å²) in [6.07, 6.45) is 0. The molecule has 4 rings (SSSR count). The maximum atomic E-state index is 12.7. The van der Waals surface area contributed by atoms with Gasteiger partial charge in [-0.2, -0.15) is 0 Å². The number of benzene rings is 3. The topological polar surface area (TPSA) is 49.4 Å². The molecule has 0 unspecified atom stereocenters. The van der Waals surface area contributed by atoms with E-state index in [4.69, 9.17) is 34.8 Å². The molecule has 0 aromatic heterocycles. The molecule has 0 saturated carbocycles. The van der Waals surface area contributed by atoms with Crippen LogP contribution in [0.3, 0.4) is 0 Å². The van der Waals surface area contributed by atoms with E-state index in [2.05, 4.69) is 9.62 Å². The largest absolute Gasteiger partial charge is 0.289 e. The van der Waals surface area contributed by atoms with Gasteiger partial charge in [-0.1, -0.05) is 65.1 Å². The number of rotatable bonds is 6. The lowest BCUT2D eigenvalue weighted by Crippen LogP contribution is -2.60. The van der Waals surface area contributed by atoms with Crippen LogP contribution in [0.15, 0.2) is 77.7 Å². The van der Waals surface area contributed by atoms with Gasteiger partial charge in [0, 0.05) is 34.2 Å². The highest BCUT2D eigenvalue weighted by molar-refractivity contribution is 7.89. The molecule has 30 heavy (non-hydrogen) atoms. The van der Waals surface area contributed by atoms with Crippen LogP contribution in [-0.2, 0) is 10.0 Å². The van der Waals surface area contributed by atoms with Crippen molar-refractivity contribution >= 4 is 44.8 Å². The van der Waals surface area contributed by atoms with Crippen LogP contribution in [0.5, 0.6) is 0 Å². The summed E-state index contributed by atoms with van der Waals surface area (Å²) in [5.41, 5.74) is 2.16. The number of nitrogens with one attached hydrogen (secondary N) is 1. The Labute approximate surface area is 191 Å². The van der Waals surface area contributed by atoms with E-state index < -0.39 is 10.0 Å². The highest BCUT2D eigenvalue weighted by Crippen LogP contribution is 2.34. The van der Waals surface area contributed by atoms with Gasteiger partial charge in [0.1, 0.15) is 0 Å². The molecule has 1 aliphatic heterocycles. The Morgan fingerprint density at radius 3 is 1.83 bits per heavy atom. The minimum atomic E-state index is -3.63. The third-order valence-electron chi connectivity index (χ3n) is 5.07. The fourth-order valence-corrected chi connectivity index (χ4v) is 5.39. The van der Waals surface area contributed by atoms with E-state index in [1.165, 1.54) is 12.1 Å². The summed E-state index contributed by atoms with van der Waals surface area (Å²) >= 11 is 18.1. The van der Waals surface area contributed by atoms with E-state index in [-0.39, 0.29) is 17.0 Å². The molecule has 1 N–H and O–H groups in total. The molecule has 0 aliphatic carbocycles. The molecule has 1 saturated heterocycles. The standard InChI is InChI=1S/C22H19Cl3N2O2S/c23-17-8-4-15(5-9-17)22(16-6-10-18(24)11-7-16)27-13-20(14-27)26-30(28,29)21-3-1-2-19(25)12-21/h1-12,20,22,26H,13-14H2. The zero-order valence-corrected chi connectivity index (χ0v) is 18.9. The molecule has 3 aromatic carbocycles. The summed E-state index contributed by atoms with van der Waals surface area (Å²) in [6, 6.07) is 21.5. The van der Waals surface area contributed by atoms with Crippen molar-refractivity contribution in [3.8, 4) is 0 Å². The second-order valence-electron chi connectivity index (χ2n) is 7.24. The fourth-order valence-electron chi connectivity index (χ4n) is 3.62. The van der Waals surface area contributed by atoms with Crippen LogP contribution >= 0.6 is 34.8 Å². The van der Waals surface area contributed by atoms with Crippen molar-refractivity contribution in [2.24, 2.45) is 0 Å². The van der Waals surface area contributed by atoms with Crippen molar-refractivity contribution in [3.05, 3.63) is 99.0 Å². The van der Waals surface area contributed by atoms with Crippen LogP contribution in [0.1, 0.15) is 17.2 Å². The third-order valence-corrected chi connectivity index (χ3v) is 7.33. The predicted octanol–water partition coefficient (Wildman–Crippen LogP) is 5.40. The first-order valence-corrected chi connectivity index (χ1v) is 12.0. The van der Waals surface area contributed by atoms with Gasteiger partial charge in [-0.05, 0) is 53.6 Å². The summed E-state index contributed by atoms with van der Waals surface area (Å²) in [7, 11) is -3.63. The molecule has 0 spiro atoms.